The maximum Gasteiger partial charge on any atom is 0.228 e. The minimum Gasteiger partial charge on any atom is -0.310 e. The van der Waals surface area contributed by atoms with Gasteiger partial charge in [-0.2, -0.15) is 0 Å². The van der Waals surface area contributed by atoms with Crippen LogP contribution >= 0.6 is 0 Å². The van der Waals surface area contributed by atoms with Crippen molar-refractivity contribution in [2.75, 3.05) is 5.32 Å². The monoisotopic (exact) mass is 306 g/mol. The minimum absolute atomic E-state index is 0.0286. The van der Waals surface area contributed by atoms with Crippen molar-refractivity contribution in [1.82, 2.24) is 14.4 Å². The van der Waals surface area contributed by atoms with Gasteiger partial charge >= 0.3 is 0 Å². The highest BCUT2D eigenvalue weighted by Crippen LogP contribution is 2.37. The van der Waals surface area contributed by atoms with Crippen LogP contribution in [0.25, 0.3) is 17.0 Å². The Morgan fingerprint density at radius 3 is 2.83 bits per heavy atom. The Morgan fingerprint density at radius 2 is 2.09 bits per heavy atom. The van der Waals surface area contributed by atoms with Crippen LogP contribution in [0.4, 0.5) is 5.82 Å². The fraction of sp³-hybridized carbons (Fsp3) is 0.278. The Kier molecular flexibility index (Phi) is 3.33. The summed E-state index contributed by atoms with van der Waals surface area (Å²) in [5.74, 6) is 1.29. The maximum atomic E-state index is 12.5. The Morgan fingerprint density at radius 1 is 1.26 bits per heavy atom. The third-order valence-electron chi connectivity index (χ3n) is 4.42. The summed E-state index contributed by atoms with van der Waals surface area (Å²) in [6, 6.07) is 11.5. The smallest absolute Gasteiger partial charge is 0.228 e. The van der Waals surface area contributed by atoms with Gasteiger partial charge < -0.3 is 5.32 Å². The van der Waals surface area contributed by atoms with Gasteiger partial charge in [-0.05, 0) is 43.0 Å². The summed E-state index contributed by atoms with van der Waals surface area (Å²) in [6.07, 6.45) is 5.94. The molecule has 1 aliphatic rings. The molecule has 3 heterocycles. The standard InChI is InChI=1S/C18H18N4O/c1-12(13-8-9-13)18(23)21-17-16(14-6-2-4-10-19-14)20-15-7-3-5-11-22(15)17/h2-7,10-13H,8-9H2,1H3,(H,21,23)/t12-/m0/s1. The highest BCUT2D eigenvalue weighted by molar-refractivity contribution is 5.95. The lowest BCUT2D eigenvalue weighted by Crippen LogP contribution is -2.23. The van der Waals surface area contributed by atoms with Crippen molar-refractivity contribution in [2.24, 2.45) is 11.8 Å². The summed E-state index contributed by atoms with van der Waals surface area (Å²) in [6.45, 7) is 2.00. The summed E-state index contributed by atoms with van der Waals surface area (Å²) in [5.41, 5.74) is 2.25. The predicted molar refractivity (Wildman–Crippen MR) is 88.9 cm³/mol. The lowest BCUT2D eigenvalue weighted by atomic mass is 10.1. The maximum absolute atomic E-state index is 12.5. The van der Waals surface area contributed by atoms with Gasteiger partial charge in [0.2, 0.25) is 5.91 Å². The van der Waals surface area contributed by atoms with Gasteiger partial charge in [0.25, 0.3) is 0 Å². The minimum atomic E-state index is 0.0286. The number of nitrogens with zero attached hydrogens (tertiary/aromatic N) is 3. The van der Waals surface area contributed by atoms with E-state index in [0.717, 1.165) is 24.2 Å². The normalized spacial score (nSPS) is 15.5. The number of imidazole rings is 1. The molecule has 4 rings (SSSR count). The van der Waals surface area contributed by atoms with Gasteiger partial charge in [-0.3, -0.25) is 14.2 Å². The van der Waals surface area contributed by atoms with Crippen molar-refractivity contribution in [3.63, 3.8) is 0 Å². The number of carbonyl (C=O) groups excluding carboxylic acids is 1. The van der Waals surface area contributed by atoms with Crippen LogP contribution in [0, 0.1) is 11.8 Å². The second kappa shape index (κ2) is 5.50. The SMILES string of the molecule is C[C@H](C(=O)Nc1c(-c2ccccn2)nc2ccccn12)C1CC1. The number of aromatic nitrogens is 3. The molecule has 1 saturated carbocycles. The van der Waals surface area contributed by atoms with E-state index in [9.17, 15) is 4.79 Å². The van der Waals surface area contributed by atoms with E-state index in [0.29, 0.717) is 17.4 Å². The van der Waals surface area contributed by atoms with Crippen molar-refractivity contribution in [1.29, 1.82) is 0 Å². The average Bonchev–Trinajstić information content (AvgIpc) is 3.38. The van der Waals surface area contributed by atoms with Gasteiger partial charge in [0.05, 0.1) is 5.69 Å². The van der Waals surface area contributed by atoms with Gasteiger partial charge in [-0.25, -0.2) is 4.98 Å². The van der Waals surface area contributed by atoms with E-state index in [-0.39, 0.29) is 11.8 Å². The third-order valence-corrected chi connectivity index (χ3v) is 4.42. The topological polar surface area (TPSA) is 59.3 Å². The molecule has 0 radical (unpaired) electrons. The van der Waals surface area contributed by atoms with Crippen LogP contribution in [-0.4, -0.2) is 20.3 Å². The predicted octanol–water partition coefficient (Wildman–Crippen LogP) is 3.38. The zero-order chi connectivity index (χ0) is 15.8. The number of carbonyl (C=O) groups is 1. The lowest BCUT2D eigenvalue weighted by Gasteiger charge is -2.12. The molecule has 1 N–H and O–H groups in total. The number of pyridine rings is 2. The number of amides is 1. The van der Waals surface area contributed by atoms with Crippen LogP contribution in [0.3, 0.4) is 0 Å². The van der Waals surface area contributed by atoms with E-state index < -0.39 is 0 Å². The Bertz CT molecular complexity index is 852. The molecule has 5 nitrogen and oxygen atoms in total. The van der Waals surface area contributed by atoms with Crippen molar-refractivity contribution >= 4 is 17.4 Å². The first kappa shape index (κ1) is 13.9. The van der Waals surface area contributed by atoms with Crippen molar-refractivity contribution < 1.29 is 4.79 Å². The summed E-state index contributed by atoms with van der Waals surface area (Å²) < 4.78 is 1.90. The fourth-order valence-corrected chi connectivity index (χ4v) is 2.84. The van der Waals surface area contributed by atoms with Gasteiger partial charge in [-0.15, -0.1) is 0 Å². The first-order chi connectivity index (χ1) is 11.2. The van der Waals surface area contributed by atoms with E-state index in [2.05, 4.69) is 15.3 Å². The quantitative estimate of drug-likeness (QED) is 0.804. The van der Waals surface area contributed by atoms with Crippen molar-refractivity contribution in [2.45, 2.75) is 19.8 Å². The number of nitrogens with one attached hydrogen (secondary N) is 1. The fourth-order valence-electron chi connectivity index (χ4n) is 2.84. The van der Waals surface area contributed by atoms with Crippen LogP contribution in [0.5, 0.6) is 0 Å². The van der Waals surface area contributed by atoms with Crippen molar-refractivity contribution in [3.8, 4) is 11.4 Å². The molecular formula is C18H18N4O. The zero-order valence-electron chi connectivity index (χ0n) is 12.9. The summed E-state index contributed by atoms with van der Waals surface area (Å²) >= 11 is 0. The summed E-state index contributed by atoms with van der Waals surface area (Å²) in [7, 11) is 0. The second-order valence-electron chi connectivity index (χ2n) is 6.07. The molecule has 0 saturated heterocycles. The van der Waals surface area contributed by atoms with Gasteiger partial charge in [0, 0.05) is 18.3 Å². The molecule has 0 spiro atoms. The van der Waals surface area contributed by atoms with Crippen LogP contribution in [-0.2, 0) is 4.79 Å². The Hall–Kier alpha value is -2.69. The molecule has 3 aromatic heterocycles. The molecule has 1 amide bonds. The largest absolute Gasteiger partial charge is 0.310 e. The van der Waals surface area contributed by atoms with Crippen molar-refractivity contribution in [3.05, 3.63) is 48.8 Å². The number of rotatable bonds is 4. The van der Waals surface area contributed by atoms with Gasteiger partial charge in [-0.1, -0.05) is 19.1 Å². The molecule has 0 aliphatic heterocycles. The Balaban J connectivity index is 1.78. The van der Waals surface area contributed by atoms with E-state index in [4.69, 9.17) is 0 Å². The molecule has 3 aromatic rings. The molecule has 1 atom stereocenters. The lowest BCUT2D eigenvalue weighted by molar-refractivity contribution is -0.119. The first-order valence-corrected chi connectivity index (χ1v) is 7.93. The van der Waals surface area contributed by atoms with Gasteiger partial charge in [0.15, 0.2) is 0 Å². The molecule has 0 aromatic carbocycles. The van der Waals surface area contributed by atoms with Crippen LogP contribution in [0.15, 0.2) is 48.8 Å². The number of hydrogen-bond acceptors (Lipinski definition) is 3. The molecule has 0 unspecified atom stereocenters. The number of anilines is 1. The molecule has 1 aliphatic carbocycles. The second-order valence-corrected chi connectivity index (χ2v) is 6.07. The molecule has 0 bridgehead atoms. The first-order valence-electron chi connectivity index (χ1n) is 7.93. The van der Waals surface area contributed by atoms with Gasteiger partial charge in [0.1, 0.15) is 17.2 Å². The highest BCUT2D eigenvalue weighted by atomic mass is 16.2. The number of fused-ring (bicyclic) bond motifs is 1. The Labute approximate surface area is 134 Å². The molecule has 5 heteroatoms. The zero-order valence-corrected chi connectivity index (χ0v) is 12.9. The molecular weight excluding hydrogens is 288 g/mol. The van der Waals surface area contributed by atoms with E-state index >= 15 is 0 Å². The van der Waals surface area contributed by atoms with Crippen LogP contribution in [0.2, 0.25) is 0 Å². The summed E-state index contributed by atoms with van der Waals surface area (Å²) in [4.78, 5) is 21.6. The highest BCUT2D eigenvalue weighted by Gasteiger charge is 2.33. The summed E-state index contributed by atoms with van der Waals surface area (Å²) in [5, 5.41) is 3.07. The van der Waals surface area contributed by atoms with E-state index in [1.165, 1.54) is 0 Å². The third kappa shape index (κ3) is 2.59. The van der Waals surface area contributed by atoms with Crippen LogP contribution < -0.4 is 5.32 Å². The average molecular weight is 306 g/mol. The van der Waals surface area contributed by atoms with E-state index in [1.807, 2.05) is 53.9 Å². The molecule has 23 heavy (non-hydrogen) atoms. The molecule has 1 fully saturated rings. The number of hydrogen-bond donors (Lipinski definition) is 1. The molecule has 116 valence electrons. The van der Waals surface area contributed by atoms with E-state index in [1.54, 1.807) is 6.20 Å². The van der Waals surface area contributed by atoms with Crippen LogP contribution in [0.1, 0.15) is 19.8 Å².